The molecule has 1 fully saturated rings. The number of benzene rings is 1. The van der Waals surface area contributed by atoms with Crippen LogP contribution in [0.2, 0.25) is 0 Å². The Labute approximate surface area is 157 Å². The zero-order chi connectivity index (χ0) is 18.5. The van der Waals surface area contributed by atoms with E-state index in [0.717, 1.165) is 23.8 Å². The molecule has 1 N–H and O–H groups in total. The van der Waals surface area contributed by atoms with E-state index in [4.69, 9.17) is 4.74 Å². The molecule has 0 aliphatic carbocycles. The van der Waals surface area contributed by atoms with Crippen molar-refractivity contribution in [3.05, 3.63) is 35.9 Å². The molecule has 7 nitrogen and oxygen atoms in total. The number of thioether (sulfide) groups is 1. The molecule has 2 aliphatic rings. The van der Waals surface area contributed by atoms with Crippen LogP contribution in [0.25, 0.3) is 0 Å². The smallest absolute Gasteiger partial charge is 0.325 e. The van der Waals surface area contributed by atoms with Crippen molar-refractivity contribution >= 4 is 28.9 Å². The van der Waals surface area contributed by atoms with Crippen LogP contribution in [0.15, 0.2) is 35.3 Å². The number of methoxy groups -OCH3 is 1. The quantitative estimate of drug-likeness (QED) is 0.731. The van der Waals surface area contributed by atoms with Crippen molar-refractivity contribution < 1.29 is 14.3 Å². The first kappa shape index (κ1) is 18.7. The maximum Gasteiger partial charge on any atom is 0.325 e. The highest BCUT2D eigenvalue weighted by molar-refractivity contribution is 8.13. The number of likely N-dealkylation sites (N-methyl/N-ethyl adjacent to an activating group) is 1. The molecule has 2 aliphatic heterocycles. The lowest BCUT2D eigenvalue weighted by molar-refractivity contribution is -0.127. The molecule has 1 saturated heterocycles. The zero-order valence-electron chi connectivity index (χ0n) is 15.1. The van der Waals surface area contributed by atoms with Crippen LogP contribution in [0.3, 0.4) is 0 Å². The van der Waals surface area contributed by atoms with Gasteiger partial charge in [0, 0.05) is 26.5 Å². The van der Waals surface area contributed by atoms with E-state index in [-0.39, 0.29) is 5.91 Å². The van der Waals surface area contributed by atoms with Crippen molar-refractivity contribution in [2.24, 2.45) is 4.99 Å². The van der Waals surface area contributed by atoms with E-state index in [1.54, 1.807) is 25.9 Å². The number of amidine groups is 1. The van der Waals surface area contributed by atoms with Gasteiger partial charge in [0.2, 0.25) is 0 Å². The Morgan fingerprint density at radius 1 is 1.27 bits per heavy atom. The third-order valence-corrected chi connectivity index (χ3v) is 5.63. The molecule has 3 rings (SSSR count). The Bertz CT molecular complexity index is 682. The fourth-order valence-corrected chi connectivity index (χ4v) is 4.15. The lowest BCUT2D eigenvalue weighted by Gasteiger charge is -2.36. The molecule has 1 aromatic carbocycles. The van der Waals surface area contributed by atoms with E-state index in [9.17, 15) is 9.59 Å². The van der Waals surface area contributed by atoms with Gasteiger partial charge in [0.1, 0.15) is 0 Å². The fraction of sp³-hybridized carbons (Fsp3) is 0.500. The molecule has 0 saturated carbocycles. The van der Waals surface area contributed by atoms with Gasteiger partial charge >= 0.3 is 6.03 Å². The van der Waals surface area contributed by atoms with Crippen molar-refractivity contribution in [3.8, 4) is 0 Å². The SMILES string of the molecule is COCCN1C(SCCCc2ccccc2)=NC2C1C(=O)NC(=O)N2C. The highest BCUT2D eigenvalue weighted by Crippen LogP contribution is 2.28. The second-order valence-corrected chi connectivity index (χ2v) is 7.36. The molecule has 26 heavy (non-hydrogen) atoms. The number of nitrogens with one attached hydrogen (secondary N) is 1. The largest absolute Gasteiger partial charge is 0.383 e. The zero-order valence-corrected chi connectivity index (χ0v) is 15.9. The summed E-state index contributed by atoms with van der Waals surface area (Å²) < 4.78 is 5.18. The highest BCUT2D eigenvalue weighted by Gasteiger charge is 2.48. The highest BCUT2D eigenvalue weighted by atomic mass is 32.2. The minimum absolute atomic E-state index is 0.294. The summed E-state index contributed by atoms with van der Waals surface area (Å²) in [6.45, 7) is 1.06. The first-order chi connectivity index (χ1) is 12.6. The summed E-state index contributed by atoms with van der Waals surface area (Å²) in [5.74, 6) is 0.605. The number of carbonyl (C=O) groups excluding carboxylic acids is 2. The number of aliphatic imine (C=N–C) groups is 1. The average molecular weight is 376 g/mol. The molecule has 0 aromatic heterocycles. The number of fused-ring (bicyclic) bond motifs is 1. The molecule has 140 valence electrons. The van der Waals surface area contributed by atoms with Crippen LogP contribution >= 0.6 is 11.8 Å². The van der Waals surface area contributed by atoms with E-state index >= 15 is 0 Å². The number of hydrogen-bond donors (Lipinski definition) is 1. The first-order valence-electron chi connectivity index (χ1n) is 8.69. The van der Waals surface area contributed by atoms with Crippen molar-refractivity contribution in [2.75, 3.05) is 33.1 Å². The van der Waals surface area contributed by atoms with Gasteiger partial charge in [-0.3, -0.25) is 10.1 Å². The number of carbonyl (C=O) groups is 2. The predicted octanol–water partition coefficient (Wildman–Crippen LogP) is 1.55. The Morgan fingerprint density at radius 3 is 2.77 bits per heavy atom. The molecule has 0 spiro atoms. The Balaban J connectivity index is 1.63. The number of hydrogen-bond acceptors (Lipinski definition) is 6. The van der Waals surface area contributed by atoms with Crippen LogP contribution < -0.4 is 5.32 Å². The molecular formula is C18H24N4O3S. The Kier molecular flexibility index (Phi) is 6.16. The van der Waals surface area contributed by atoms with Gasteiger partial charge < -0.3 is 14.5 Å². The van der Waals surface area contributed by atoms with E-state index < -0.39 is 18.2 Å². The Morgan fingerprint density at radius 2 is 2.04 bits per heavy atom. The molecular weight excluding hydrogens is 352 g/mol. The fourth-order valence-electron chi connectivity index (χ4n) is 3.13. The standard InChI is InChI=1S/C18H24N4O3S/c1-21-15-14(16(23)20-17(21)24)22(10-11-25-2)18(19-15)26-12-6-9-13-7-4-3-5-8-13/h3-5,7-8,14-15H,6,9-12H2,1-2H3,(H,20,23,24). The third-order valence-electron chi connectivity index (χ3n) is 4.54. The minimum atomic E-state index is -0.482. The summed E-state index contributed by atoms with van der Waals surface area (Å²) in [7, 11) is 3.30. The lowest BCUT2D eigenvalue weighted by atomic mass is 10.1. The van der Waals surface area contributed by atoms with Crippen LogP contribution in [-0.2, 0) is 16.0 Å². The van der Waals surface area contributed by atoms with Gasteiger partial charge in [-0.2, -0.15) is 0 Å². The van der Waals surface area contributed by atoms with E-state index in [0.29, 0.717) is 13.2 Å². The second-order valence-electron chi connectivity index (χ2n) is 6.30. The van der Waals surface area contributed by atoms with Crippen molar-refractivity contribution in [1.82, 2.24) is 15.1 Å². The number of rotatable bonds is 7. The van der Waals surface area contributed by atoms with Crippen LogP contribution in [-0.4, -0.2) is 72.2 Å². The lowest BCUT2D eigenvalue weighted by Crippen LogP contribution is -2.63. The average Bonchev–Trinajstić information content (AvgIpc) is 3.01. The van der Waals surface area contributed by atoms with Gasteiger partial charge in [-0.15, -0.1) is 0 Å². The molecule has 2 unspecified atom stereocenters. The summed E-state index contributed by atoms with van der Waals surface area (Å²) in [6.07, 6.45) is 1.55. The summed E-state index contributed by atoms with van der Waals surface area (Å²) in [5.41, 5.74) is 1.32. The number of aryl methyl sites for hydroxylation is 1. The Hall–Kier alpha value is -2.06. The number of urea groups is 1. The van der Waals surface area contributed by atoms with E-state index in [2.05, 4.69) is 22.4 Å². The van der Waals surface area contributed by atoms with E-state index in [1.807, 2.05) is 23.1 Å². The van der Waals surface area contributed by atoms with Crippen LogP contribution in [0.1, 0.15) is 12.0 Å². The number of amides is 3. The molecule has 0 radical (unpaired) electrons. The number of ether oxygens (including phenoxy) is 1. The van der Waals surface area contributed by atoms with Crippen molar-refractivity contribution in [1.29, 1.82) is 0 Å². The molecule has 8 heteroatoms. The van der Waals surface area contributed by atoms with Crippen LogP contribution in [0.4, 0.5) is 4.79 Å². The van der Waals surface area contributed by atoms with Gasteiger partial charge in [-0.05, 0) is 18.4 Å². The predicted molar refractivity (Wildman–Crippen MR) is 102 cm³/mol. The topological polar surface area (TPSA) is 74.2 Å². The van der Waals surface area contributed by atoms with Crippen LogP contribution in [0.5, 0.6) is 0 Å². The maximum atomic E-state index is 12.3. The van der Waals surface area contributed by atoms with Gasteiger partial charge in [-0.1, -0.05) is 42.1 Å². The van der Waals surface area contributed by atoms with Crippen molar-refractivity contribution in [2.45, 2.75) is 25.0 Å². The van der Waals surface area contributed by atoms with Gasteiger partial charge in [0.25, 0.3) is 5.91 Å². The first-order valence-corrected chi connectivity index (χ1v) is 9.68. The monoisotopic (exact) mass is 376 g/mol. The summed E-state index contributed by atoms with van der Waals surface area (Å²) in [6, 6.07) is 9.48. The molecule has 2 heterocycles. The van der Waals surface area contributed by atoms with E-state index in [1.165, 1.54) is 10.5 Å². The molecule has 1 aromatic rings. The molecule has 0 bridgehead atoms. The van der Waals surface area contributed by atoms with Gasteiger partial charge in [0.15, 0.2) is 17.4 Å². The third kappa shape index (κ3) is 4.02. The normalized spacial score (nSPS) is 22.3. The summed E-state index contributed by atoms with van der Waals surface area (Å²) in [4.78, 5) is 32.3. The van der Waals surface area contributed by atoms with Gasteiger partial charge in [0.05, 0.1) is 6.61 Å². The molecule has 3 amide bonds. The number of imide groups is 1. The van der Waals surface area contributed by atoms with Crippen molar-refractivity contribution in [3.63, 3.8) is 0 Å². The second kappa shape index (κ2) is 8.55. The summed E-state index contributed by atoms with van der Waals surface area (Å²) >= 11 is 1.64. The maximum absolute atomic E-state index is 12.3. The van der Waals surface area contributed by atoms with Gasteiger partial charge in [-0.25, -0.2) is 9.79 Å². The number of nitrogens with zero attached hydrogens (tertiary/aromatic N) is 3. The summed E-state index contributed by atoms with van der Waals surface area (Å²) in [5, 5.41) is 3.21. The van der Waals surface area contributed by atoms with Crippen LogP contribution in [0, 0.1) is 0 Å². The molecule has 2 atom stereocenters. The minimum Gasteiger partial charge on any atom is -0.383 e.